The molecule has 0 aliphatic heterocycles. The predicted molar refractivity (Wildman–Crippen MR) is 71.9 cm³/mol. The highest BCUT2D eigenvalue weighted by molar-refractivity contribution is 7.92. The molecule has 132 valence electrons. The second-order valence-electron chi connectivity index (χ2n) is 4.95. The van der Waals surface area contributed by atoms with Gasteiger partial charge >= 0.3 is 12.1 Å². The van der Waals surface area contributed by atoms with Gasteiger partial charge in [0.2, 0.25) is 5.60 Å². The Morgan fingerprint density at radius 1 is 1.48 bits per heavy atom. The average Bonchev–Trinajstić information content (AvgIpc) is 2.95. The smallest absolute Gasteiger partial charge is 0.423 e. The van der Waals surface area contributed by atoms with Crippen LogP contribution in [-0.4, -0.2) is 49.3 Å². The standard InChI is InChI=1S/C11H16F3N3O5S/c12-11(13,14)10(20,8-1-4-22-17-8)3-6-23(16,21)5-2-7(15)9(18)19/h1,4,7,16,20H,2-3,5-6,15H2,(H,18,19)/t7-,10?,23?/m0/s1. The third-order valence-electron chi connectivity index (χ3n) is 3.20. The Kier molecular flexibility index (Phi) is 5.77. The van der Waals surface area contributed by atoms with Gasteiger partial charge in [0, 0.05) is 33.7 Å². The Morgan fingerprint density at radius 2 is 2.09 bits per heavy atom. The Labute approximate surface area is 129 Å². The van der Waals surface area contributed by atoms with Crippen molar-refractivity contribution in [1.29, 1.82) is 4.78 Å². The molecule has 0 fully saturated rings. The van der Waals surface area contributed by atoms with Crippen LogP contribution in [0.1, 0.15) is 18.5 Å². The second kappa shape index (κ2) is 6.84. The third kappa shape index (κ3) is 4.91. The number of aliphatic hydroxyl groups is 1. The number of carboxylic acids is 1. The molecule has 0 spiro atoms. The fraction of sp³-hybridized carbons (Fsp3) is 0.636. The predicted octanol–water partition coefficient (Wildman–Crippen LogP) is 0.663. The molecular formula is C11H16F3N3O5S. The molecular weight excluding hydrogens is 343 g/mol. The number of halogens is 3. The summed E-state index contributed by atoms with van der Waals surface area (Å²) >= 11 is 0. The first-order valence-corrected chi connectivity index (χ1v) is 8.21. The lowest BCUT2D eigenvalue weighted by molar-refractivity contribution is -0.269. The number of nitrogens with zero attached hydrogens (tertiary/aromatic N) is 1. The van der Waals surface area contributed by atoms with E-state index in [2.05, 4.69) is 9.68 Å². The molecule has 1 aromatic rings. The minimum Gasteiger partial charge on any atom is -0.480 e. The number of carboxylic acid groups (broad SMARTS) is 1. The van der Waals surface area contributed by atoms with Crippen LogP contribution in [0.4, 0.5) is 13.2 Å². The molecule has 0 bridgehead atoms. The van der Waals surface area contributed by atoms with Crippen LogP contribution in [0.25, 0.3) is 0 Å². The van der Waals surface area contributed by atoms with Crippen LogP contribution < -0.4 is 5.73 Å². The van der Waals surface area contributed by atoms with Crippen molar-refractivity contribution in [3.8, 4) is 0 Å². The Bertz CT molecular complexity index is 632. The Morgan fingerprint density at radius 3 is 2.52 bits per heavy atom. The van der Waals surface area contributed by atoms with Gasteiger partial charge in [0.1, 0.15) is 18.0 Å². The number of alkyl halides is 3. The Hall–Kier alpha value is -1.66. The summed E-state index contributed by atoms with van der Waals surface area (Å²) in [7, 11) is -3.56. The van der Waals surface area contributed by atoms with E-state index in [1.54, 1.807) is 0 Å². The molecule has 0 saturated heterocycles. The molecule has 0 saturated carbocycles. The van der Waals surface area contributed by atoms with Crippen molar-refractivity contribution < 1.29 is 36.9 Å². The highest BCUT2D eigenvalue weighted by Gasteiger charge is 2.56. The van der Waals surface area contributed by atoms with Crippen LogP contribution in [0.15, 0.2) is 16.9 Å². The molecule has 8 nitrogen and oxygen atoms in total. The van der Waals surface area contributed by atoms with Gasteiger partial charge in [-0.3, -0.25) is 9.57 Å². The van der Waals surface area contributed by atoms with Crippen molar-refractivity contribution in [3.63, 3.8) is 0 Å². The molecule has 0 aromatic carbocycles. The van der Waals surface area contributed by atoms with E-state index in [-0.39, 0.29) is 6.42 Å². The highest BCUT2D eigenvalue weighted by Crippen LogP contribution is 2.41. The van der Waals surface area contributed by atoms with Crippen molar-refractivity contribution >= 4 is 15.7 Å². The number of nitrogens with two attached hydrogens (primary N) is 1. The van der Waals surface area contributed by atoms with E-state index >= 15 is 0 Å². The van der Waals surface area contributed by atoms with Crippen LogP contribution in [0.5, 0.6) is 0 Å². The topological polar surface area (TPSA) is 150 Å². The molecule has 12 heteroatoms. The van der Waals surface area contributed by atoms with Crippen molar-refractivity contribution in [2.75, 3.05) is 11.5 Å². The summed E-state index contributed by atoms with van der Waals surface area (Å²) in [6.45, 7) is 0. The molecule has 0 aliphatic rings. The zero-order chi connectivity index (χ0) is 17.9. The van der Waals surface area contributed by atoms with Gasteiger partial charge in [-0.05, 0) is 6.42 Å². The van der Waals surface area contributed by atoms with E-state index in [1.165, 1.54) is 0 Å². The SMILES string of the molecule is N=S(=O)(CC[C@H](N)C(=O)O)CCC(O)(c1ccon1)C(F)(F)F. The van der Waals surface area contributed by atoms with Gasteiger partial charge in [-0.25, -0.2) is 4.21 Å². The highest BCUT2D eigenvalue weighted by atomic mass is 32.2. The van der Waals surface area contributed by atoms with Crippen molar-refractivity contribution in [2.45, 2.75) is 30.7 Å². The maximum absolute atomic E-state index is 13.1. The third-order valence-corrected chi connectivity index (χ3v) is 4.96. The summed E-state index contributed by atoms with van der Waals surface area (Å²) in [5.41, 5.74) is 0.984. The molecule has 23 heavy (non-hydrogen) atoms. The van der Waals surface area contributed by atoms with E-state index in [0.29, 0.717) is 0 Å². The number of carbonyl (C=O) groups is 1. The molecule has 3 atom stereocenters. The maximum atomic E-state index is 13.1. The number of aliphatic carboxylic acids is 1. The fourth-order valence-electron chi connectivity index (χ4n) is 1.70. The van der Waals surface area contributed by atoms with Gasteiger partial charge in [0.05, 0.1) is 0 Å². The number of hydrogen-bond acceptors (Lipinski definition) is 7. The normalized spacial score (nSPS) is 18.8. The first kappa shape index (κ1) is 19.4. The van der Waals surface area contributed by atoms with Crippen LogP contribution in [0, 0.1) is 4.78 Å². The van der Waals surface area contributed by atoms with Crippen LogP contribution >= 0.6 is 0 Å². The minimum absolute atomic E-state index is 0.327. The summed E-state index contributed by atoms with van der Waals surface area (Å²) in [5, 5.41) is 21.5. The first-order chi connectivity index (χ1) is 10.4. The lowest BCUT2D eigenvalue weighted by atomic mass is 9.96. The monoisotopic (exact) mass is 359 g/mol. The van der Waals surface area contributed by atoms with E-state index in [0.717, 1.165) is 12.3 Å². The summed E-state index contributed by atoms with van der Waals surface area (Å²) in [6, 6.07) is -0.544. The quantitative estimate of drug-likeness (QED) is 0.532. The lowest BCUT2D eigenvalue weighted by Gasteiger charge is -2.28. The van der Waals surface area contributed by atoms with Gasteiger partial charge in [0.25, 0.3) is 0 Å². The van der Waals surface area contributed by atoms with Gasteiger partial charge < -0.3 is 20.5 Å². The maximum Gasteiger partial charge on any atom is 0.423 e. The molecule has 0 amide bonds. The number of nitrogens with one attached hydrogen (secondary N) is 1. The van der Waals surface area contributed by atoms with Crippen molar-refractivity contribution in [2.24, 2.45) is 5.73 Å². The van der Waals surface area contributed by atoms with Gasteiger partial charge in [0.15, 0.2) is 0 Å². The number of hydrogen-bond donors (Lipinski definition) is 4. The lowest BCUT2D eigenvalue weighted by Crippen LogP contribution is -2.44. The largest absolute Gasteiger partial charge is 0.480 e. The van der Waals surface area contributed by atoms with Crippen LogP contribution in [0.3, 0.4) is 0 Å². The van der Waals surface area contributed by atoms with Crippen LogP contribution in [-0.2, 0) is 20.1 Å². The van der Waals surface area contributed by atoms with Crippen LogP contribution in [0.2, 0.25) is 0 Å². The minimum atomic E-state index is -5.11. The fourth-order valence-corrected chi connectivity index (χ4v) is 3.16. The summed E-state index contributed by atoms with van der Waals surface area (Å²) in [4.78, 5) is 10.5. The molecule has 0 radical (unpaired) electrons. The molecule has 1 rings (SSSR count). The average molecular weight is 359 g/mol. The van der Waals surface area contributed by atoms with E-state index in [1.807, 2.05) is 0 Å². The Balaban J connectivity index is 2.81. The second-order valence-corrected chi connectivity index (χ2v) is 7.39. The van der Waals surface area contributed by atoms with E-state index < -0.39 is 57.1 Å². The molecule has 1 aromatic heterocycles. The van der Waals surface area contributed by atoms with Gasteiger partial charge in [-0.2, -0.15) is 13.2 Å². The van der Waals surface area contributed by atoms with E-state index in [4.69, 9.17) is 15.6 Å². The molecule has 5 N–H and O–H groups in total. The first-order valence-electron chi connectivity index (χ1n) is 6.31. The zero-order valence-electron chi connectivity index (χ0n) is 11.7. The van der Waals surface area contributed by atoms with Crippen molar-refractivity contribution in [1.82, 2.24) is 5.16 Å². The summed E-state index contributed by atoms with van der Waals surface area (Å²) in [6.07, 6.45) is -5.67. The summed E-state index contributed by atoms with van der Waals surface area (Å²) in [5.74, 6) is -2.66. The van der Waals surface area contributed by atoms with Gasteiger partial charge in [-0.15, -0.1) is 0 Å². The molecule has 2 unspecified atom stereocenters. The van der Waals surface area contributed by atoms with Crippen molar-refractivity contribution in [3.05, 3.63) is 18.0 Å². The number of aromatic nitrogens is 1. The number of rotatable bonds is 8. The zero-order valence-corrected chi connectivity index (χ0v) is 12.6. The summed E-state index contributed by atoms with van der Waals surface area (Å²) < 4.78 is 63.0. The molecule has 1 heterocycles. The van der Waals surface area contributed by atoms with Gasteiger partial charge in [-0.1, -0.05) is 5.16 Å². The molecule has 0 aliphatic carbocycles. The van der Waals surface area contributed by atoms with E-state index in [9.17, 15) is 27.3 Å².